The topological polar surface area (TPSA) is 85.2 Å². The van der Waals surface area contributed by atoms with E-state index in [1.807, 2.05) is 6.07 Å². The Morgan fingerprint density at radius 3 is 2.93 bits per heavy atom. The van der Waals surface area contributed by atoms with Crippen molar-refractivity contribution in [3.63, 3.8) is 0 Å². The van der Waals surface area contributed by atoms with Gasteiger partial charge in [-0.15, -0.1) is 0 Å². The molecule has 0 aliphatic heterocycles. The van der Waals surface area contributed by atoms with E-state index in [4.69, 9.17) is 11.5 Å². The zero-order chi connectivity index (χ0) is 10.6. The summed E-state index contributed by atoms with van der Waals surface area (Å²) in [4.78, 5) is 16.6. The maximum Gasteiger partial charge on any atom is 0.236 e. The second kappa shape index (κ2) is 4.57. The van der Waals surface area contributed by atoms with E-state index in [1.165, 1.54) is 0 Å². The number of nitrogens with zero attached hydrogens (tertiary/aromatic N) is 2. The summed E-state index contributed by atoms with van der Waals surface area (Å²) in [5.74, 6) is -0.376. The standard InChI is InChI=1S/C9H14N4O/c1-13(6-9(11)14)8-3-2-4-12-7(8)5-10/h2-4H,5-6,10H2,1H3,(H2,11,14). The molecule has 0 unspecified atom stereocenters. The van der Waals surface area contributed by atoms with Crippen molar-refractivity contribution in [3.05, 3.63) is 24.0 Å². The molecule has 1 amide bonds. The van der Waals surface area contributed by atoms with E-state index in [0.29, 0.717) is 6.54 Å². The number of anilines is 1. The molecule has 1 aromatic heterocycles. The van der Waals surface area contributed by atoms with Crippen LogP contribution in [0.2, 0.25) is 0 Å². The van der Waals surface area contributed by atoms with Gasteiger partial charge in [-0.1, -0.05) is 0 Å². The molecule has 0 atom stereocenters. The quantitative estimate of drug-likeness (QED) is 0.674. The maximum atomic E-state index is 10.7. The minimum Gasteiger partial charge on any atom is -0.368 e. The summed E-state index contributed by atoms with van der Waals surface area (Å²) in [5, 5.41) is 0. The van der Waals surface area contributed by atoms with E-state index >= 15 is 0 Å². The molecule has 76 valence electrons. The van der Waals surface area contributed by atoms with Gasteiger partial charge >= 0.3 is 0 Å². The Balaban J connectivity index is 2.87. The lowest BCUT2D eigenvalue weighted by Gasteiger charge is -2.19. The molecule has 0 saturated heterocycles. The third-order valence-corrected chi connectivity index (χ3v) is 1.86. The van der Waals surface area contributed by atoms with Gasteiger partial charge in [-0.3, -0.25) is 9.78 Å². The van der Waals surface area contributed by atoms with Gasteiger partial charge in [0.25, 0.3) is 0 Å². The van der Waals surface area contributed by atoms with Crippen LogP contribution in [0.4, 0.5) is 5.69 Å². The van der Waals surface area contributed by atoms with Crippen LogP contribution < -0.4 is 16.4 Å². The summed E-state index contributed by atoms with van der Waals surface area (Å²) < 4.78 is 0. The molecular weight excluding hydrogens is 180 g/mol. The summed E-state index contributed by atoms with van der Waals surface area (Å²) in [5.41, 5.74) is 12.2. The first-order valence-electron chi connectivity index (χ1n) is 4.28. The summed E-state index contributed by atoms with van der Waals surface area (Å²) in [7, 11) is 1.78. The predicted molar refractivity (Wildman–Crippen MR) is 54.6 cm³/mol. The van der Waals surface area contributed by atoms with Crippen LogP contribution in [0.5, 0.6) is 0 Å². The van der Waals surface area contributed by atoms with Crippen molar-refractivity contribution in [3.8, 4) is 0 Å². The summed E-state index contributed by atoms with van der Waals surface area (Å²) in [6.07, 6.45) is 1.67. The Hall–Kier alpha value is -1.62. The van der Waals surface area contributed by atoms with Gasteiger partial charge in [0.2, 0.25) is 5.91 Å². The lowest BCUT2D eigenvalue weighted by Crippen LogP contribution is -2.31. The molecule has 0 aliphatic rings. The monoisotopic (exact) mass is 194 g/mol. The molecule has 14 heavy (non-hydrogen) atoms. The van der Waals surface area contributed by atoms with Gasteiger partial charge in [-0.25, -0.2) is 0 Å². The highest BCUT2D eigenvalue weighted by Crippen LogP contribution is 2.15. The number of primary amides is 1. The van der Waals surface area contributed by atoms with E-state index in [2.05, 4.69) is 4.98 Å². The molecule has 1 aromatic rings. The van der Waals surface area contributed by atoms with E-state index < -0.39 is 0 Å². The Morgan fingerprint density at radius 2 is 2.36 bits per heavy atom. The molecule has 4 N–H and O–H groups in total. The van der Waals surface area contributed by atoms with Crippen LogP contribution in [-0.2, 0) is 11.3 Å². The van der Waals surface area contributed by atoms with Crippen molar-refractivity contribution >= 4 is 11.6 Å². The summed E-state index contributed by atoms with van der Waals surface area (Å²) >= 11 is 0. The second-order valence-corrected chi connectivity index (χ2v) is 3.00. The number of carbonyl (C=O) groups excluding carboxylic acids is 1. The van der Waals surface area contributed by atoms with Crippen molar-refractivity contribution in [1.29, 1.82) is 0 Å². The zero-order valence-corrected chi connectivity index (χ0v) is 8.10. The lowest BCUT2D eigenvalue weighted by atomic mass is 10.2. The fraction of sp³-hybridized carbons (Fsp3) is 0.333. The molecule has 5 nitrogen and oxygen atoms in total. The number of hydrogen-bond acceptors (Lipinski definition) is 4. The molecule has 0 radical (unpaired) electrons. The molecule has 0 bridgehead atoms. The number of likely N-dealkylation sites (N-methyl/N-ethyl adjacent to an activating group) is 1. The Bertz CT molecular complexity index is 326. The fourth-order valence-corrected chi connectivity index (χ4v) is 1.25. The molecule has 0 fully saturated rings. The van der Waals surface area contributed by atoms with E-state index in [9.17, 15) is 4.79 Å². The smallest absolute Gasteiger partial charge is 0.236 e. The summed E-state index contributed by atoms with van der Waals surface area (Å²) in [6.45, 7) is 0.512. The molecule has 0 spiro atoms. The van der Waals surface area contributed by atoms with Gasteiger partial charge in [0.1, 0.15) is 0 Å². The highest BCUT2D eigenvalue weighted by Gasteiger charge is 2.08. The highest BCUT2D eigenvalue weighted by molar-refractivity contribution is 5.79. The minimum atomic E-state index is -0.376. The number of carbonyl (C=O) groups is 1. The second-order valence-electron chi connectivity index (χ2n) is 3.00. The Labute approximate surface area is 82.7 Å². The Morgan fingerprint density at radius 1 is 1.64 bits per heavy atom. The first-order chi connectivity index (χ1) is 6.65. The molecule has 0 aromatic carbocycles. The zero-order valence-electron chi connectivity index (χ0n) is 8.10. The van der Waals surface area contributed by atoms with Gasteiger partial charge in [0, 0.05) is 19.8 Å². The first-order valence-corrected chi connectivity index (χ1v) is 4.28. The number of nitrogens with two attached hydrogens (primary N) is 2. The van der Waals surface area contributed by atoms with Crippen molar-refractivity contribution in [2.75, 3.05) is 18.5 Å². The molecule has 0 saturated carbocycles. The van der Waals surface area contributed by atoms with Crippen molar-refractivity contribution in [1.82, 2.24) is 4.98 Å². The van der Waals surface area contributed by atoms with Crippen LogP contribution in [0.1, 0.15) is 5.69 Å². The van der Waals surface area contributed by atoms with Gasteiger partial charge < -0.3 is 16.4 Å². The summed E-state index contributed by atoms with van der Waals surface area (Å²) in [6, 6.07) is 3.66. The maximum absolute atomic E-state index is 10.7. The van der Waals surface area contributed by atoms with Crippen molar-refractivity contribution < 1.29 is 4.79 Å². The van der Waals surface area contributed by atoms with Gasteiger partial charge in [-0.05, 0) is 12.1 Å². The fourth-order valence-electron chi connectivity index (χ4n) is 1.25. The van der Waals surface area contributed by atoms with Gasteiger partial charge in [0.05, 0.1) is 17.9 Å². The SMILES string of the molecule is CN(CC(N)=O)c1cccnc1CN. The van der Waals surface area contributed by atoms with Crippen LogP contribution in [-0.4, -0.2) is 24.5 Å². The molecule has 1 heterocycles. The molecule has 1 rings (SSSR count). The number of aromatic nitrogens is 1. The van der Waals surface area contributed by atoms with Crippen molar-refractivity contribution in [2.24, 2.45) is 11.5 Å². The number of pyridine rings is 1. The van der Waals surface area contributed by atoms with Crippen LogP contribution in [0.25, 0.3) is 0 Å². The average Bonchev–Trinajstić information content (AvgIpc) is 2.16. The third-order valence-electron chi connectivity index (χ3n) is 1.86. The molecule has 5 heteroatoms. The Kier molecular flexibility index (Phi) is 3.41. The number of rotatable bonds is 4. The van der Waals surface area contributed by atoms with Gasteiger partial charge in [0.15, 0.2) is 0 Å². The van der Waals surface area contributed by atoms with Crippen molar-refractivity contribution in [2.45, 2.75) is 6.54 Å². The number of amides is 1. The first kappa shape index (κ1) is 10.5. The van der Waals surface area contributed by atoms with Crippen LogP contribution in [0, 0.1) is 0 Å². The predicted octanol–water partition coefficient (Wildman–Crippen LogP) is -0.538. The normalized spacial score (nSPS) is 9.86. The highest BCUT2D eigenvalue weighted by atomic mass is 16.1. The van der Waals surface area contributed by atoms with E-state index in [1.54, 1.807) is 24.2 Å². The third kappa shape index (κ3) is 2.43. The van der Waals surface area contributed by atoms with E-state index in [-0.39, 0.29) is 12.5 Å². The lowest BCUT2D eigenvalue weighted by molar-refractivity contribution is -0.116. The van der Waals surface area contributed by atoms with Crippen LogP contribution in [0.15, 0.2) is 18.3 Å². The van der Waals surface area contributed by atoms with E-state index in [0.717, 1.165) is 11.4 Å². The molecular formula is C9H14N4O. The molecule has 0 aliphatic carbocycles. The largest absolute Gasteiger partial charge is 0.368 e. The number of hydrogen-bond donors (Lipinski definition) is 2. The van der Waals surface area contributed by atoms with Crippen LogP contribution in [0.3, 0.4) is 0 Å². The minimum absolute atomic E-state index is 0.165. The average molecular weight is 194 g/mol. The van der Waals surface area contributed by atoms with Gasteiger partial charge in [-0.2, -0.15) is 0 Å². The van der Waals surface area contributed by atoms with Crippen LogP contribution >= 0.6 is 0 Å².